The third kappa shape index (κ3) is 5.25. The van der Waals surface area contributed by atoms with E-state index in [-0.39, 0.29) is 30.7 Å². The number of hydrogen-bond acceptors (Lipinski definition) is 3. The standard InChI is InChI=1S/C11H20N4O.2ClH/c1-5-15(10(16)11(2,3)12)8-9-6-13-14(4)7-9;;/h6-7H,5,8,12H2,1-4H3;2*1H. The fourth-order valence-electron chi connectivity index (χ4n) is 1.51. The summed E-state index contributed by atoms with van der Waals surface area (Å²) in [7, 11) is 1.86. The number of aromatic nitrogens is 2. The van der Waals surface area contributed by atoms with Gasteiger partial charge in [0.15, 0.2) is 0 Å². The summed E-state index contributed by atoms with van der Waals surface area (Å²) in [6.07, 6.45) is 3.67. The number of halogens is 2. The van der Waals surface area contributed by atoms with Crippen LogP contribution in [0.3, 0.4) is 0 Å². The second-order valence-electron chi connectivity index (χ2n) is 4.56. The topological polar surface area (TPSA) is 64.2 Å². The molecule has 106 valence electrons. The molecule has 1 amide bonds. The maximum atomic E-state index is 12.0. The Morgan fingerprint density at radius 3 is 2.39 bits per heavy atom. The third-order valence-electron chi connectivity index (χ3n) is 2.35. The van der Waals surface area contributed by atoms with Crippen molar-refractivity contribution >= 4 is 30.7 Å². The zero-order chi connectivity index (χ0) is 12.3. The van der Waals surface area contributed by atoms with Gasteiger partial charge in [0.05, 0.1) is 11.7 Å². The highest BCUT2D eigenvalue weighted by molar-refractivity contribution is 5.86. The number of nitrogens with two attached hydrogens (primary N) is 1. The number of carbonyl (C=O) groups is 1. The van der Waals surface area contributed by atoms with Crippen LogP contribution in [0.2, 0.25) is 0 Å². The number of hydrogen-bond donors (Lipinski definition) is 1. The van der Waals surface area contributed by atoms with Crippen molar-refractivity contribution < 1.29 is 4.79 Å². The van der Waals surface area contributed by atoms with Crippen LogP contribution < -0.4 is 5.73 Å². The van der Waals surface area contributed by atoms with Crippen molar-refractivity contribution in [1.82, 2.24) is 14.7 Å². The second kappa shape index (κ2) is 7.61. The molecule has 1 rings (SSSR count). The Morgan fingerprint density at radius 1 is 1.50 bits per heavy atom. The molecule has 5 nitrogen and oxygen atoms in total. The van der Waals surface area contributed by atoms with Gasteiger partial charge in [-0.1, -0.05) is 0 Å². The van der Waals surface area contributed by atoms with E-state index in [1.165, 1.54) is 0 Å². The maximum Gasteiger partial charge on any atom is 0.242 e. The molecule has 0 radical (unpaired) electrons. The van der Waals surface area contributed by atoms with Crippen LogP contribution in [0.1, 0.15) is 26.3 Å². The monoisotopic (exact) mass is 296 g/mol. The summed E-state index contributed by atoms with van der Waals surface area (Å²) in [6.45, 7) is 6.60. The molecule has 1 heterocycles. The number of rotatable bonds is 4. The lowest BCUT2D eigenvalue weighted by molar-refractivity contribution is -0.136. The third-order valence-corrected chi connectivity index (χ3v) is 2.35. The Labute approximate surface area is 121 Å². The van der Waals surface area contributed by atoms with E-state index in [9.17, 15) is 4.79 Å². The summed E-state index contributed by atoms with van der Waals surface area (Å²) in [6, 6.07) is 0. The molecule has 18 heavy (non-hydrogen) atoms. The first kappa shape index (κ1) is 19.6. The van der Waals surface area contributed by atoms with Crippen molar-refractivity contribution in [2.24, 2.45) is 12.8 Å². The molecule has 1 aromatic heterocycles. The van der Waals surface area contributed by atoms with Crippen molar-refractivity contribution in [2.75, 3.05) is 6.54 Å². The molecule has 1 aromatic rings. The van der Waals surface area contributed by atoms with Crippen LogP contribution in [0.4, 0.5) is 0 Å². The summed E-state index contributed by atoms with van der Waals surface area (Å²) < 4.78 is 1.72. The second-order valence-corrected chi connectivity index (χ2v) is 4.56. The van der Waals surface area contributed by atoms with Crippen LogP contribution in [-0.4, -0.2) is 32.7 Å². The molecule has 7 heteroatoms. The number of nitrogens with zero attached hydrogens (tertiary/aromatic N) is 3. The lowest BCUT2D eigenvalue weighted by Gasteiger charge is -2.27. The van der Waals surface area contributed by atoms with Gasteiger partial charge in [0.25, 0.3) is 0 Å². The van der Waals surface area contributed by atoms with Crippen LogP contribution in [0.15, 0.2) is 12.4 Å². The minimum Gasteiger partial charge on any atom is -0.337 e. The Balaban J connectivity index is 0. The Hall–Kier alpha value is -0.780. The van der Waals surface area contributed by atoms with Gasteiger partial charge in [-0.15, -0.1) is 24.8 Å². The first-order chi connectivity index (χ1) is 7.34. The van der Waals surface area contributed by atoms with E-state index in [0.29, 0.717) is 13.1 Å². The molecule has 0 saturated carbocycles. The highest BCUT2D eigenvalue weighted by atomic mass is 35.5. The Kier molecular flexibility index (Phi) is 8.27. The van der Waals surface area contributed by atoms with Crippen LogP contribution in [0.25, 0.3) is 0 Å². The zero-order valence-corrected chi connectivity index (χ0v) is 12.8. The average molecular weight is 297 g/mol. The van der Waals surface area contributed by atoms with E-state index >= 15 is 0 Å². The predicted molar refractivity (Wildman–Crippen MR) is 77.1 cm³/mol. The first-order valence-corrected chi connectivity index (χ1v) is 5.40. The van der Waals surface area contributed by atoms with Gasteiger partial charge in [0.2, 0.25) is 5.91 Å². The first-order valence-electron chi connectivity index (χ1n) is 5.40. The van der Waals surface area contributed by atoms with Crippen LogP contribution >= 0.6 is 24.8 Å². The molecular weight excluding hydrogens is 275 g/mol. The van der Waals surface area contributed by atoms with Gasteiger partial charge in [0, 0.05) is 31.9 Å². The van der Waals surface area contributed by atoms with E-state index < -0.39 is 5.54 Å². The van der Waals surface area contributed by atoms with Crippen molar-refractivity contribution in [1.29, 1.82) is 0 Å². The van der Waals surface area contributed by atoms with Gasteiger partial charge in [-0.25, -0.2) is 0 Å². The molecule has 0 aromatic carbocycles. The molecule has 2 N–H and O–H groups in total. The minimum absolute atomic E-state index is 0. The minimum atomic E-state index is -0.821. The molecule has 0 aliphatic carbocycles. The smallest absolute Gasteiger partial charge is 0.242 e. The number of amides is 1. The number of aryl methyl sites for hydroxylation is 1. The molecule has 0 bridgehead atoms. The Bertz CT molecular complexity index is 373. The van der Waals surface area contributed by atoms with Crippen molar-refractivity contribution in [3.8, 4) is 0 Å². The van der Waals surface area contributed by atoms with Crippen molar-refractivity contribution in [2.45, 2.75) is 32.9 Å². The van der Waals surface area contributed by atoms with Crippen molar-refractivity contribution in [3.63, 3.8) is 0 Å². The van der Waals surface area contributed by atoms with Crippen molar-refractivity contribution in [3.05, 3.63) is 18.0 Å². The van der Waals surface area contributed by atoms with Gasteiger partial charge < -0.3 is 10.6 Å². The molecule has 0 fully saturated rings. The normalized spacial score (nSPS) is 10.3. The van der Waals surface area contributed by atoms with Crippen LogP contribution in [0.5, 0.6) is 0 Å². The highest BCUT2D eigenvalue weighted by Crippen LogP contribution is 2.09. The van der Waals surface area contributed by atoms with Crippen LogP contribution in [-0.2, 0) is 18.4 Å². The average Bonchev–Trinajstić information content (AvgIpc) is 2.58. The van der Waals surface area contributed by atoms with E-state index in [1.807, 2.05) is 20.2 Å². The Morgan fingerprint density at radius 2 is 2.06 bits per heavy atom. The fourth-order valence-corrected chi connectivity index (χ4v) is 1.51. The molecular formula is C11H22Cl2N4O. The SMILES string of the molecule is CCN(Cc1cnn(C)c1)C(=O)C(C)(C)N.Cl.Cl. The molecule has 0 aliphatic rings. The summed E-state index contributed by atoms with van der Waals surface area (Å²) in [5, 5.41) is 4.07. The van der Waals surface area contributed by atoms with Gasteiger partial charge in [-0.05, 0) is 20.8 Å². The van der Waals surface area contributed by atoms with E-state index in [4.69, 9.17) is 5.73 Å². The van der Waals surface area contributed by atoms with Gasteiger partial charge >= 0.3 is 0 Å². The molecule has 0 spiro atoms. The molecule has 0 atom stereocenters. The zero-order valence-electron chi connectivity index (χ0n) is 11.2. The summed E-state index contributed by atoms with van der Waals surface area (Å²) in [4.78, 5) is 13.7. The lowest BCUT2D eigenvalue weighted by atomic mass is 10.1. The van der Waals surface area contributed by atoms with E-state index in [1.54, 1.807) is 29.6 Å². The summed E-state index contributed by atoms with van der Waals surface area (Å²) in [5.74, 6) is -0.0427. The lowest BCUT2D eigenvalue weighted by Crippen LogP contribution is -2.50. The highest BCUT2D eigenvalue weighted by Gasteiger charge is 2.27. The van der Waals surface area contributed by atoms with E-state index in [0.717, 1.165) is 5.56 Å². The predicted octanol–water partition coefficient (Wildman–Crippen LogP) is 1.35. The quantitative estimate of drug-likeness (QED) is 0.912. The van der Waals surface area contributed by atoms with Gasteiger partial charge in [-0.2, -0.15) is 5.10 Å². The summed E-state index contributed by atoms with van der Waals surface area (Å²) >= 11 is 0. The van der Waals surface area contributed by atoms with Gasteiger partial charge in [-0.3, -0.25) is 9.48 Å². The van der Waals surface area contributed by atoms with Crippen LogP contribution in [0, 0.1) is 0 Å². The number of carbonyl (C=O) groups excluding carboxylic acids is 1. The number of likely N-dealkylation sites (N-methyl/N-ethyl adjacent to an activating group) is 1. The molecule has 0 unspecified atom stereocenters. The molecule has 0 aliphatic heterocycles. The van der Waals surface area contributed by atoms with E-state index in [2.05, 4.69) is 5.10 Å². The van der Waals surface area contributed by atoms with Gasteiger partial charge in [0.1, 0.15) is 0 Å². The largest absolute Gasteiger partial charge is 0.337 e. The summed E-state index contributed by atoms with van der Waals surface area (Å²) in [5.41, 5.74) is 6.00. The maximum absolute atomic E-state index is 12.0. The fraction of sp³-hybridized carbons (Fsp3) is 0.636. The molecule has 0 saturated heterocycles.